The van der Waals surface area contributed by atoms with E-state index in [1.165, 1.54) is 0 Å². The molecule has 0 aromatic carbocycles. The molecule has 0 saturated heterocycles. The fourth-order valence-electron chi connectivity index (χ4n) is 2.16. The van der Waals surface area contributed by atoms with Gasteiger partial charge in [-0.05, 0) is 26.2 Å². The van der Waals surface area contributed by atoms with Crippen LogP contribution in [0.25, 0.3) is 0 Å². The molecule has 0 radical (unpaired) electrons. The van der Waals surface area contributed by atoms with Gasteiger partial charge in [0.2, 0.25) is 0 Å². The highest BCUT2D eigenvalue weighted by atomic mass is 15.2. The van der Waals surface area contributed by atoms with Crippen LogP contribution >= 0.6 is 0 Å². The average Bonchev–Trinajstić information content (AvgIpc) is 2.38. The molecule has 1 atom stereocenters. The summed E-state index contributed by atoms with van der Waals surface area (Å²) in [6.45, 7) is 16.2. The number of nitrogens with zero attached hydrogens (tertiary/aromatic N) is 3. The topological polar surface area (TPSA) is 41.1 Å². The molecule has 114 valence electrons. The van der Waals surface area contributed by atoms with E-state index in [0.717, 1.165) is 36.0 Å². The molecule has 0 aliphatic heterocycles. The molecular weight excluding hydrogens is 248 g/mol. The van der Waals surface area contributed by atoms with E-state index in [1.807, 2.05) is 0 Å². The highest BCUT2D eigenvalue weighted by Crippen LogP contribution is 2.30. The molecule has 1 rings (SSSR count). The Hall–Kier alpha value is -1.32. The predicted octanol–water partition coefficient (Wildman–Crippen LogP) is 3.65. The molecule has 0 saturated carbocycles. The summed E-state index contributed by atoms with van der Waals surface area (Å²) in [5, 5.41) is 3.35. The van der Waals surface area contributed by atoms with Crippen molar-refractivity contribution in [1.82, 2.24) is 9.97 Å². The number of anilines is 2. The van der Waals surface area contributed by atoms with Crippen molar-refractivity contribution in [2.75, 3.05) is 23.8 Å². The van der Waals surface area contributed by atoms with Gasteiger partial charge in [-0.15, -0.1) is 0 Å². The molecule has 0 amide bonds. The fraction of sp³-hybridized carbons (Fsp3) is 0.750. The third-order valence-corrected chi connectivity index (χ3v) is 4.00. The summed E-state index contributed by atoms with van der Waals surface area (Å²) in [6, 6.07) is 0.398. The quantitative estimate of drug-likeness (QED) is 0.892. The SMILES string of the molecule is CCNc1nc(CC)nc(N(C)C(C)C(C)(C)C)c1C. The molecular formula is C16H30N4. The van der Waals surface area contributed by atoms with Crippen LogP contribution in [0.2, 0.25) is 0 Å². The maximum Gasteiger partial charge on any atom is 0.137 e. The van der Waals surface area contributed by atoms with Crippen LogP contribution < -0.4 is 10.2 Å². The second-order valence-corrected chi connectivity index (χ2v) is 6.47. The highest BCUT2D eigenvalue weighted by molar-refractivity contribution is 5.58. The molecule has 0 aliphatic rings. The predicted molar refractivity (Wildman–Crippen MR) is 87.6 cm³/mol. The van der Waals surface area contributed by atoms with E-state index in [0.29, 0.717) is 6.04 Å². The van der Waals surface area contributed by atoms with Gasteiger partial charge in [-0.3, -0.25) is 0 Å². The molecule has 1 heterocycles. The largest absolute Gasteiger partial charge is 0.370 e. The zero-order chi connectivity index (χ0) is 15.5. The fourth-order valence-corrected chi connectivity index (χ4v) is 2.16. The van der Waals surface area contributed by atoms with E-state index in [1.54, 1.807) is 0 Å². The van der Waals surface area contributed by atoms with Crippen molar-refractivity contribution in [3.8, 4) is 0 Å². The van der Waals surface area contributed by atoms with Crippen molar-refractivity contribution >= 4 is 11.6 Å². The van der Waals surface area contributed by atoms with Crippen LogP contribution in [0, 0.1) is 12.3 Å². The number of hydrogen-bond acceptors (Lipinski definition) is 4. The lowest BCUT2D eigenvalue weighted by molar-refractivity contribution is 0.328. The number of aryl methyl sites for hydroxylation is 1. The Morgan fingerprint density at radius 2 is 1.80 bits per heavy atom. The lowest BCUT2D eigenvalue weighted by Gasteiger charge is -2.37. The molecule has 0 bridgehead atoms. The van der Waals surface area contributed by atoms with Gasteiger partial charge in [0, 0.05) is 31.6 Å². The summed E-state index contributed by atoms with van der Waals surface area (Å²) in [4.78, 5) is 11.6. The van der Waals surface area contributed by atoms with E-state index in [4.69, 9.17) is 4.98 Å². The number of rotatable bonds is 5. The van der Waals surface area contributed by atoms with Crippen LogP contribution in [-0.4, -0.2) is 29.6 Å². The smallest absolute Gasteiger partial charge is 0.137 e. The first-order chi connectivity index (χ1) is 9.22. The molecule has 0 fully saturated rings. The molecule has 0 spiro atoms. The zero-order valence-corrected chi connectivity index (χ0v) is 14.3. The molecule has 20 heavy (non-hydrogen) atoms. The van der Waals surface area contributed by atoms with Gasteiger partial charge in [0.05, 0.1) is 0 Å². The van der Waals surface area contributed by atoms with Crippen molar-refractivity contribution in [2.24, 2.45) is 5.41 Å². The van der Waals surface area contributed by atoms with Gasteiger partial charge >= 0.3 is 0 Å². The van der Waals surface area contributed by atoms with Crippen LogP contribution in [0.1, 0.15) is 52.9 Å². The summed E-state index contributed by atoms with van der Waals surface area (Å²) in [5.41, 5.74) is 1.33. The number of nitrogens with one attached hydrogen (secondary N) is 1. The van der Waals surface area contributed by atoms with Gasteiger partial charge in [-0.25, -0.2) is 9.97 Å². The third-order valence-electron chi connectivity index (χ3n) is 4.00. The van der Waals surface area contributed by atoms with E-state index < -0.39 is 0 Å². The first-order valence-electron chi connectivity index (χ1n) is 7.56. The first-order valence-corrected chi connectivity index (χ1v) is 7.56. The summed E-state index contributed by atoms with van der Waals surface area (Å²) in [5.74, 6) is 2.90. The van der Waals surface area contributed by atoms with Crippen LogP contribution in [0.4, 0.5) is 11.6 Å². The number of aromatic nitrogens is 2. The van der Waals surface area contributed by atoms with Gasteiger partial charge in [-0.2, -0.15) is 0 Å². The average molecular weight is 278 g/mol. The van der Waals surface area contributed by atoms with Crippen LogP contribution in [0.3, 0.4) is 0 Å². The zero-order valence-electron chi connectivity index (χ0n) is 14.3. The third kappa shape index (κ3) is 3.62. The van der Waals surface area contributed by atoms with E-state index in [9.17, 15) is 0 Å². The van der Waals surface area contributed by atoms with Gasteiger partial charge in [0.25, 0.3) is 0 Å². The highest BCUT2D eigenvalue weighted by Gasteiger charge is 2.26. The Kier molecular flexibility index (Phi) is 5.37. The minimum Gasteiger partial charge on any atom is -0.370 e. The molecule has 1 N–H and O–H groups in total. The standard InChI is InChI=1S/C16H30N4/c1-9-13-18-14(17-10-2)11(3)15(19-13)20(8)12(4)16(5,6)7/h12H,9-10H2,1-8H3,(H,17,18,19). The van der Waals surface area contributed by atoms with Crippen LogP contribution in [0.15, 0.2) is 0 Å². The van der Waals surface area contributed by atoms with E-state index >= 15 is 0 Å². The summed E-state index contributed by atoms with van der Waals surface area (Å²) in [7, 11) is 2.13. The maximum atomic E-state index is 4.74. The minimum atomic E-state index is 0.205. The Bertz CT molecular complexity index is 449. The molecule has 4 heteroatoms. The van der Waals surface area contributed by atoms with Gasteiger partial charge in [-0.1, -0.05) is 27.7 Å². The van der Waals surface area contributed by atoms with Crippen LogP contribution in [0.5, 0.6) is 0 Å². The minimum absolute atomic E-state index is 0.205. The monoisotopic (exact) mass is 278 g/mol. The number of hydrogen-bond donors (Lipinski definition) is 1. The molecule has 0 aliphatic carbocycles. The normalized spacial score (nSPS) is 13.2. The van der Waals surface area contributed by atoms with Crippen LogP contribution in [-0.2, 0) is 6.42 Å². The Labute approximate surface area is 124 Å². The molecule has 1 aromatic rings. The van der Waals surface area contributed by atoms with Gasteiger partial charge in [0.1, 0.15) is 17.5 Å². The second-order valence-electron chi connectivity index (χ2n) is 6.47. The summed E-state index contributed by atoms with van der Waals surface area (Å²) in [6.07, 6.45) is 0.851. The van der Waals surface area contributed by atoms with Gasteiger partial charge in [0.15, 0.2) is 0 Å². The summed E-state index contributed by atoms with van der Waals surface area (Å²) >= 11 is 0. The van der Waals surface area contributed by atoms with Crippen molar-refractivity contribution in [1.29, 1.82) is 0 Å². The van der Waals surface area contributed by atoms with Crippen molar-refractivity contribution in [2.45, 2.75) is 60.9 Å². The van der Waals surface area contributed by atoms with Crippen molar-refractivity contribution in [3.63, 3.8) is 0 Å². The summed E-state index contributed by atoms with van der Waals surface area (Å²) < 4.78 is 0. The van der Waals surface area contributed by atoms with Gasteiger partial charge < -0.3 is 10.2 Å². The maximum absolute atomic E-state index is 4.74. The Balaban J connectivity index is 3.25. The molecule has 4 nitrogen and oxygen atoms in total. The Morgan fingerprint density at radius 1 is 1.20 bits per heavy atom. The lowest BCUT2D eigenvalue weighted by atomic mass is 9.87. The lowest BCUT2D eigenvalue weighted by Crippen LogP contribution is -2.40. The first kappa shape index (κ1) is 16.7. The second kappa shape index (κ2) is 6.42. The van der Waals surface area contributed by atoms with E-state index in [-0.39, 0.29) is 5.41 Å². The van der Waals surface area contributed by atoms with Crippen molar-refractivity contribution < 1.29 is 0 Å². The molecule has 1 aromatic heterocycles. The molecule has 1 unspecified atom stereocenters. The van der Waals surface area contributed by atoms with E-state index in [2.05, 4.69) is 70.7 Å². The van der Waals surface area contributed by atoms with Crippen molar-refractivity contribution in [3.05, 3.63) is 11.4 Å². The Morgan fingerprint density at radius 3 is 2.25 bits per heavy atom.